The van der Waals surface area contributed by atoms with Gasteiger partial charge in [-0.2, -0.15) is 13.2 Å². The zero-order valence-corrected chi connectivity index (χ0v) is 15.1. The molecule has 0 radical (unpaired) electrons. The minimum atomic E-state index is -4.55. The highest BCUT2D eigenvalue weighted by molar-refractivity contribution is 7.99. The van der Waals surface area contributed by atoms with Gasteiger partial charge in [0.05, 0.1) is 6.20 Å². The molecule has 1 aromatic carbocycles. The van der Waals surface area contributed by atoms with Crippen molar-refractivity contribution in [1.82, 2.24) is 15.2 Å². The maximum atomic E-state index is 12.5. The van der Waals surface area contributed by atoms with E-state index in [1.807, 2.05) is 0 Å². The van der Waals surface area contributed by atoms with Gasteiger partial charge in [0.1, 0.15) is 0 Å². The summed E-state index contributed by atoms with van der Waals surface area (Å²) in [6, 6.07) is 6.82. The number of amides is 1. The Hall–Kier alpha value is -2.00. The van der Waals surface area contributed by atoms with Crippen molar-refractivity contribution in [3.05, 3.63) is 41.8 Å². The zero-order chi connectivity index (χ0) is 19.0. The zero-order valence-electron chi connectivity index (χ0n) is 14.3. The number of halogens is 3. The molecule has 2 bridgehead atoms. The number of piperidine rings is 1. The third-order valence-corrected chi connectivity index (χ3v) is 5.76. The molecule has 9 heteroatoms. The Kier molecular flexibility index (Phi) is 4.90. The second-order valence-electron chi connectivity index (χ2n) is 6.93. The fourth-order valence-corrected chi connectivity index (χ4v) is 4.36. The van der Waals surface area contributed by atoms with Crippen LogP contribution in [-0.4, -0.2) is 41.5 Å². The van der Waals surface area contributed by atoms with Gasteiger partial charge in [0.25, 0.3) is 11.1 Å². The number of oxazole rings is 1. The van der Waals surface area contributed by atoms with Gasteiger partial charge in [-0.15, -0.1) is 0 Å². The minimum Gasteiger partial charge on any atom is -0.427 e. The highest BCUT2D eigenvalue weighted by atomic mass is 32.2. The maximum absolute atomic E-state index is 12.5. The number of benzene rings is 1. The molecule has 4 rings (SSSR count). The topological polar surface area (TPSA) is 58.4 Å². The van der Waals surface area contributed by atoms with E-state index in [1.54, 1.807) is 24.3 Å². The Labute approximate surface area is 158 Å². The number of rotatable bonds is 4. The van der Waals surface area contributed by atoms with Gasteiger partial charge in [0, 0.05) is 29.6 Å². The average molecular weight is 397 g/mol. The first-order valence-electron chi connectivity index (χ1n) is 8.71. The quantitative estimate of drug-likeness (QED) is 0.853. The molecule has 3 heterocycles. The summed E-state index contributed by atoms with van der Waals surface area (Å²) in [5, 5.41) is 2.99. The van der Waals surface area contributed by atoms with Crippen LogP contribution in [-0.2, 0) is 6.18 Å². The molecule has 3 atom stereocenters. The monoisotopic (exact) mass is 397 g/mol. The first-order valence-corrected chi connectivity index (χ1v) is 9.52. The molecule has 2 aliphatic heterocycles. The van der Waals surface area contributed by atoms with Crippen LogP contribution in [0.15, 0.2) is 45.0 Å². The molecule has 1 amide bonds. The molecule has 1 aromatic heterocycles. The lowest BCUT2D eigenvalue weighted by Crippen LogP contribution is -2.47. The second-order valence-corrected chi connectivity index (χ2v) is 7.96. The Morgan fingerprint density at radius 2 is 2.04 bits per heavy atom. The lowest BCUT2D eigenvalue weighted by Gasteiger charge is -2.30. The van der Waals surface area contributed by atoms with E-state index in [0.717, 1.165) is 37.8 Å². The summed E-state index contributed by atoms with van der Waals surface area (Å²) in [5.74, 6) is -0.585. The van der Waals surface area contributed by atoms with Crippen LogP contribution in [0.1, 0.15) is 29.0 Å². The number of carbonyl (C=O) groups excluding carboxylic acids is 1. The van der Waals surface area contributed by atoms with Gasteiger partial charge in [-0.1, -0.05) is 0 Å². The van der Waals surface area contributed by atoms with Crippen molar-refractivity contribution in [2.24, 2.45) is 5.92 Å². The lowest BCUT2D eigenvalue weighted by molar-refractivity contribution is -0.154. The molecule has 0 saturated carbocycles. The molecule has 2 saturated heterocycles. The fourth-order valence-electron chi connectivity index (χ4n) is 3.64. The van der Waals surface area contributed by atoms with E-state index in [-0.39, 0.29) is 17.2 Å². The van der Waals surface area contributed by atoms with Crippen molar-refractivity contribution in [1.29, 1.82) is 0 Å². The van der Waals surface area contributed by atoms with Gasteiger partial charge >= 0.3 is 6.18 Å². The number of alkyl halides is 3. The van der Waals surface area contributed by atoms with E-state index in [0.29, 0.717) is 22.6 Å². The molecular formula is C18H18F3N3O2S. The molecule has 5 nitrogen and oxygen atoms in total. The van der Waals surface area contributed by atoms with E-state index in [4.69, 9.17) is 4.42 Å². The minimum absolute atomic E-state index is 0.0914. The second kappa shape index (κ2) is 7.20. The van der Waals surface area contributed by atoms with Crippen LogP contribution in [0, 0.1) is 5.92 Å². The summed E-state index contributed by atoms with van der Waals surface area (Å²) in [6.07, 6.45) is -1.67. The molecule has 2 fully saturated rings. The van der Waals surface area contributed by atoms with E-state index in [2.05, 4.69) is 15.2 Å². The first kappa shape index (κ1) is 18.4. The maximum Gasteiger partial charge on any atom is 0.451 e. The van der Waals surface area contributed by atoms with Crippen LogP contribution in [0.25, 0.3) is 0 Å². The highest BCUT2D eigenvalue weighted by Crippen LogP contribution is 2.34. The van der Waals surface area contributed by atoms with Gasteiger partial charge in [-0.05, 0) is 61.3 Å². The summed E-state index contributed by atoms with van der Waals surface area (Å²) < 4.78 is 42.3. The van der Waals surface area contributed by atoms with Crippen LogP contribution < -0.4 is 5.32 Å². The Balaban J connectivity index is 1.35. The largest absolute Gasteiger partial charge is 0.451 e. The van der Waals surface area contributed by atoms with E-state index >= 15 is 0 Å². The standard InChI is InChI=1S/C18H18F3N3O2S/c19-18(20,21)15-8-22-17(26-15)27-14-3-1-12(2-4-14)16(25)23-13-7-11-5-6-24(9-11)10-13/h1-4,8,11,13H,5-7,9-10H2,(H,23,25). The van der Waals surface area contributed by atoms with Gasteiger partial charge < -0.3 is 14.6 Å². The number of aromatic nitrogens is 1. The predicted octanol–water partition coefficient (Wildman–Crippen LogP) is 3.67. The normalized spacial score (nSPS) is 24.8. The van der Waals surface area contributed by atoms with Gasteiger partial charge in [-0.3, -0.25) is 4.79 Å². The number of hydrogen-bond acceptors (Lipinski definition) is 5. The average Bonchev–Trinajstić information content (AvgIpc) is 3.22. The number of fused-ring (bicyclic) bond motifs is 2. The molecule has 2 aliphatic rings. The van der Waals surface area contributed by atoms with Crippen molar-refractivity contribution >= 4 is 17.7 Å². The van der Waals surface area contributed by atoms with Crippen molar-refractivity contribution in [2.75, 3.05) is 19.6 Å². The van der Waals surface area contributed by atoms with Gasteiger partial charge in [0.15, 0.2) is 0 Å². The summed E-state index contributed by atoms with van der Waals surface area (Å²) in [5.41, 5.74) is 0.524. The van der Waals surface area contributed by atoms with Crippen molar-refractivity contribution < 1.29 is 22.4 Å². The molecule has 3 unspecified atom stereocenters. The predicted molar refractivity (Wildman–Crippen MR) is 92.5 cm³/mol. The number of hydrogen-bond donors (Lipinski definition) is 1. The number of nitrogens with zero attached hydrogens (tertiary/aromatic N) is 2. The van der Waals surface area contributed by atoms with Crippen LogP contribution in [0.5, 0.6) is 0 Å². The van der Waals surface area contributed by atoms with Crippen molar-refractivity contribution in [3.63, 3.8) is 0 Å². The van der Waals surface area contributed by atoms with Crippen LogP contribution in [0.4, 0.5) is 13.2 Å². The molecule has 144 valence electrons. The molecular weight excluding hydrogens is 379 g/mol. The third-order valence-electron chi connectivity index (χ3n) is 4.89. The van der Waals surface area contributed by atoms with Crippen LogP contribution in [0.3, 0.4) is 0 Å². The van der Waals surface area contributed by atoms with Crippen LogP contribution >= 0.6 is 11.8 Å². The van der Waals surface area contributed by atoms with Gasteiger partial charge in [-0.25, -0.2) is 4.98 Å². The Morgan fingerprint density at radius 3 is 2.70 bits per heavy atom. The smallest absolute Gasteiger partial charge is 0.427 e. The summed E-state index contributed by atoms with van der Waals surface area (Å²) in [7, 11) is 0. The molecule has 2 aromatic rings. The van der Waals surface area contributed by atoms with E-state index < -0.39 is 11.9 Å². The summed E-state index contributed by atoms with van der Waals surface area (Å²) >= 11 is 0.973. The third kappa shape index (κ3) is 4.30. The fraction of sp³-hybridized carbons (Fsp3) is 0.444. The molecule has 27 heavy (non-hydrogen) atoms. The highest BCUT2D eigenvalue weighted by Gasteiger charge is 2.36. The Bertz CT molecular complexity index is 810. The van der Waals surface area contributed by atoms with Gasteiger partial charge in [0.2, 0.25) is 5.76 Å². The van der Waals surface area contributed by atoms with E-state index in [1.165, 1.54) is 6.42 Å². The first-order chi connectivity index (χ1) is 12.9. The molecule has 0 aliphatic carbocycles. The Morgan fingerprint density at radius 1 is 1.26 bits per heavy atom. The van der Waals surface area contributed by atoms with Crippen molar-refractivity contribution in [2.45, 2.75) is 35.2 Å². The number of carbonyl (C=O) groups is 1. The molecule has 1 N–H and O–H groups in total. The lowest BCUT2D eigenvalue weighted by atomic mass is 9.96. The van der Waals surface area contributed by atoms with Crippen LogP contribution in [0.2, 0.25) is 0 Å². The summed E-state index contributed by atoms with van der Waals surface area (Å²) in [4.78, 5) is 19.1. The van der Waals surface area contributed by atoms with Crippen molar-refractivity contribution in [3.8, 4) is 0 Å². The SMILES string of the molecule is O=C(NC1CC2CCN(C2)C1)c1ccc(Sc2ncc(C(F)(F)F)o2)cc1. The summed E-state index contributed by atoms with van der Waals surface area (Å²) in [6.45, 7) is 3.14. The molecule has 0 spiro atoms. The number of nitrogens with one attached hydrogen (secondary N) is 1. The van der Waals surface area contributed by atoms with E-state index in [9.17, 15) is 18.0 Å².